The van der Waals surface area contributed by atoms with Crippen LogP contribution in [-0.4, -0.2) is 39.1 Å². The number of anilines is 1. The minimum absolute atomic E-state index is 0.114. The molecule has 0 spiro atoms. The van der Waals surface area contributed by atoms with E-state index >= 15 is 0 Å². The lowest BCUT2D eigenvalue weighted by Crippen LogP contribution is -2.33. The third-order valence-corrected chi connectivity index (χ3v) is 6.07. The van der Waals surface area contributed by atoms with Crippen LogP contribution in [0.1, 0.15) is 51.3 Å². The third-order valence-electron chi connectivity index (χ3n) is 4.93. The van der Waals surface area contributed by atoms with Crippen molar-refractivity contribution in [1.82, 2.24) is 14.5 Å². The Balaban J connectivity index is 1.70. The number of thiazole rings is 1. The van der Waals surface area contributed by atoms with Crippen molar-refractivity contribution in [3.8, 4) is 0 Å². The Morgan fingerprint density at radius 1 is 1.29 bits per heavy atom. The van der Waals surface area contributed by atoms with Crippen molar-refractivity contribution < 1.29 is 14.3 Å². The number of aryl methyl sites for hydroxylation is 3. The Kier molecular flexibility index (Phi) is 4.66. The Hall–Kier alpha value is -2.74. The molecule has 1 fully saturated rings. The fourth-order valence-corrected chi connectivity index (χ4v) is 4.24. The van der Waals surface area contributed by atoms with Crippen LogP contribution in [0, 0.1) is 13.8 Å². The van der Waals surface area contributed by atoms with E-state index in [0.29, 0.717) is 27.9 Å². The van der Waals surface area contributed by atoms with Crippen LogP contribution in [0.25, 0.3) is 11.0 Å². The molecule has 4 rings (SSSR count). The highest BCUT2D eigenvalue weighted by Gasteiger charge is 2.37. The van der Waals surface area contributed by atoms with Gasteiger partial charge in [0.2, 0.25) is 0 Å². The van der Waals surface area contributed by atoms with Crippen molar-refractivity contribution in [2.75, 3.05) is 11.5 Å². The number of carbonyl (C=O) groups is 2. The predicted molar refractivity (Wildman–Crippen MR) is 108 cm³/mol. The molecule has 1 aromatic carbocycles. The van der Waals surface area contributed by atoms with E-state index in [1.807, 2.05) is 36.7 Å². The molecule has 0 aliphatic heterocycles. The van der Waals surface area contributed by atoms with Gasteiger partial charge in [-0.1, -0.05) is 11.3 Å². The quantitative estimate of drug-likeness (QED) is 0.613. The van der Waals surface area contributed by atoms with Gasteiger partial charge in [-0.15, -0.1) is 0 Å². The number of aromatic nitrogens is 3. The van der Waals surface area contributed by atoms with Gasteiger partial charge in [0.05, 0.1) is 23.3 Å². The Morgan fingerprint density at radius 2 is 2.04 bits per heavy atom. The minimum Gasteiger partial charge on any atom is -0.462 e. The molecule has 2 heterocycles. The normalized spacial score (nSPS) is 13.7. The maximum Gasteiger partial charge on any atom is 0.350 e. The standard InChI is InChI=1S/C20H22N4O3S/c1-5-27-19(26)17-11(2)21-20(28-17)24(14-7-8-14)18(25)13-6-9-16-15(10-13)22-12(3)23(16)4/h6,9-10,14H,5,7-8H2,1-4H3. The number of amides is 1. The predicted octanol–water partition coefficient (Wildman–Crippen LogP) is 3.63. The maximum atomic E-state index is 13.3. The summed E-state index contributed by atoms with van der Waals surface area (Å²) in [7, 11) is 1.96. The Morgan fingerprint density at radius 3 is 2.71 bits per heavy atom. The molecule has 0 atom stereocenters. The summed E-state index contributed by atoms with van der Waals surface area (Å²) >= 11 is 1.22. The summed E-state index contributed by atoms with van der Waals surface area (Å²) in [6.07, 6.45) is 1.87. The molecule has 28 heavy (non-hydrogen) atoms. The van der Waals surface area contributed by atoms with Crippen LogP contribution in [0.3, 0.4) is 0 Å². The van der Waals surface area contributed by atoms with Gasteiger partial charge in [0.1, 0.15) is 10.7 Å². The van der Waals surface area contributed by atoms with E-state index in [-0.39, 0.29) is 11.9 Å². The molecule has 1 aliphatic rings. The summed E-state index contributed by atoms with van der Waals surface area (Å²) in [5, 5.41) is 0.547. The number of esters is 1. The maximum absolute atomic E-state index is 13.3. The van der Waals surface area contributed by atoms with Crippen LogP contribution in [0.5, 0.6) is 0 Å². The molecule has 0 N–H and O–H groups in total. The molecule has 0 unspecified atom stereocenters. The molecule has 8 heteroatoms. The first-order chi connectivity index (χ1) is 13.4. The fourth-order valence-electron chi connectivity index (χ4n) is 3.21. The summed E-state index contributed by atoms with van der Waals surface area (Å²) in [4.78, 5) is 36.7. The van der Waals surface area contributed by atoms with Crippen molar-refractivity contribution in [2.45, 2.75) is 39.7 Å². The van der Waals surface area contributed by atoms with E-state index in [2.05, 4.69) is 9.97 Å². The first-order valence-electron chi connectivity index (χ1n) is 9.32. The SMILES string of the molecule is CCOC(=O)c1sc(N(C(=O)c2ccc3c(c2)nc(C)n3C)C2CC2)nc1C. The number of carbonyl (C=O) groups excluding carboxylic acids is 2. The van der Waals surface area contributed by atoms with Gasteiger partial charge in [-0.3, -0.25) is 9.69 Å². The molecule has 0 saturated heterocycles. The fraction of sp³-hybridized carbons (Fsp3) is 0.400. The number of nitrogens with zero attached hydrogens (tertiary/aromatic N) is 4. The number of fused-ring (bicyclic) bond motifs is 1. The lowest BCUT2D eigenvalue weighted by molar-refractivity contribution is 0.0531. The lowest BCUT2D eigenvalue weighted by atomic mass is 10.1. The Labute approximate surface area is 167 Å². The largest absolute Gasteiger partial charge is 0.462 e. The number of benzene rings is 1. The molecular formula is C20H22N4O3S. The second-order valence-electron chi connectivity index (χ2n) is 6.96. The summed E-state index contributed by atoms with van der Waals surface area (Å²) in [6, 6.07) is 5.69. The van der Waals surface area contributed by atoms with Gasteiger partial charge in [-0.2, -0.15) is 0 Å². The first kappa shape index (κ1) is 18.6. The Bertz CT molecular complexity index is 1080. The highest BCUT2D eigenvalue weighted by Crippen LogP contribution is 2.37. The molecule has 0 radical (unpaired) electrons. The van der Waals surface area contributed by atoms with Crippen molar-refractivity contribution >= 4 is 39.4 Å². The average molecular weight is 398 g/mol. The zero-order chi connectivity index (χ0) is 20.0. The van der Waals surface area contributed by atoms with E-state index < -0.39 is 5.97 Å². The zero-order valence-corrected chi connectivity index (χ0v) is 17.2. The van der Waals surface area contributed by atoms with Gasteiger partial charge in [0.15, 0.2) is 5.13 Å². The number of rotatable bonds is 5. The van der Waals surface area contributed by atoms with Crippen LogP contribution in [0.4, 0.5) is 5.13 Å². The van der Waals surface area contributed by atoms with Gasteiger partial charge in [-0.25, -0.2) is 14.8 Å². The summed E-state index contributed by atoms with van der Waals surface area (Å²) in [5.74, 6) is 0.391. The molecule has 1 amide bonds. The van der Waals surface area contributed by atoms with Crippen molar-refractivity contribution in [2.24, 2.45) is 7.05 Å². The van der Waals surface area contributed by atoms with Gasteiger partial charge in [-0.05, 0) is 51.8 Å². The van der Waals surface area contributed by atoms with E-state index in [1.54, 1.807) is 18.7 Å². The molecule has 7 nitrogen and oxygen atoms in total. The molecule has 1 saturated carbocycles. The molecule has 3 aromatic rings. The van der Waals surface area contributed by atoms with Gasteiger partial charge in [0, 0.05) is 18.7 Å². The minimum atomic E-state index is -0.391. The van der Waals surface area contributed by atoms with Crippen molar-refractivity contribution in [3.05, 3.63) is 40.2 Å². The van der Waals surface area contributed by atoms with Crippen molar-refractivity contribution in [1.29, 1.82) is 0 Å². The molecule has 1 aliphatic carbocycles. The average Bonchev–Trinajstić information content (AvgIpc) is 3.36. The topological polar surface area (TPSA) is 77.3 Å². The molecular weight excluding hydrogens is 376 g/mol. The third kappa shape index (κ3) is 3.17. The van der Waals surface area contributed by atoms with Crippen LogP contribution in [0.2, 0.25) is 0 Å². The van der Waals surface area contributed by atoms with Gasteiger partial charge in [0.25, 0.3) is 5.91 Å². The van der Waals surface area contributed by atoms with Crippen LogP contribution >= 0.6 is 11.3 Å². The zero-order valence-electron chi connectivity index (χ0n) is 16.4. The second-order valence-corrected chi connectivity index (χ2v) is 7.94. The van der Waals surface area contributed by atoms with E-state index in [1.165, 1.54) is 11.3 Å². The first-order valence-corrected chi connectivity index (χ1v) is 10.1. The number of hydrogen-bond donors (Lipinski definition) is 0. The summed E-state index contributed by atoms with van der Waals surface area (Å²) in [6.45, 7) is 5.78. The smallest absolute Gasteiger partial charge is 0.350 e. The number of ether oxygens (including phenoxy) is 1. The summed E-state index contributed by atoms with van der Waals surface area (Å²) < 4.78 is 7.10. The van der Waals surface area contributed by atoms with Gasteiger partial charge < -0.3 is 9.30 Å². The molecule has 146 valence electrons. The van der Waals surface area contributed by atoms with E-state index in [4.69, 9.17) is 4.74 Å². The van der Waals surface area contributed by atoms with Crippen molar-refractivity contribution in [3.63, 3.8) is 0 Å². The summed E-state index contributed by atoms with van der Waals surface area (Å²) in [5.41, 5.74) is 2.95. The highest BCUT2D eigenvalue weighted by atomic mass is 32.1. The molecule has 0 bridgehead atoms. The van der Waals surface area contributed by atoms with Crippen LogP contribution in [-0.2, 0) is 11.8 Å². The molecule has 2 aromatic heterocycles. The van der Waals surface area contributed by atoms with Crippen LogP contribution < -0.4 is 4.90 Å². The van der Waals surface area contributed by atoms with E-state index in [9.17, 15) is 9.59 Å². The monoisotopic (exact) mass is 398 g/mol. The second kappa shape index (κ2) is 7.01. The lowest BCUT2D eigenvalue weighted by Gasteiger charge is -2.19. The van der Waals surface area contributed by atoms with E-state index in [0.717, 1.165) is 29.7 Å². The highest BCUT2D eigenvalue weighted by molar-refractivity contribution is 7.17. The van der Waals surface area contributed by atoms with Gasteiger partial charge >= 0.3 is 5.97 Å². The number of hydrogen-bond acceptors (Lipinski definition) is 6. The number of imidazole rings is 1. The van der Waals surface area contributed by atoms with Crippen LogP contribution in [0.15, 0.2) is 18.2 Å².